The topological polar surface area (TPSA) is 83.6 Å². The summed E-state index contributed by atoms with van der Waals surface area (Å²) in [5, 5.41) is 9.19. The van der Waals surface area contributed by atoms with Crippen LogP contribution in [-0.4, -0.2) is 26.7 Å². The summed E-state index contributed by atoms with van der Waals surface area (Å²) in [6, 6.07) is 13.6. The summed E-state index contributed by atoms with van der Waals surface area (Å²) in [7, 11) is -3.70. The first-order valence-electron chi connectivity index (χ1n) is 7.47. The molecule has 0 amide bonds. The molecule has 0 spiro atoms. The van der Waals surface area contributed by atoms with Crippen molar-refractivity contribution in [2.75, 3.05) is 23.2 Å². The number of sulfonamides is 1. The number of fused-ring (bicyclic) bond motifs is 1. The van der Waals surface area contributed by atoms with Crippen molar-refractivity contribution in [3.8, 4) is 0 Å². The Morgan fingerprint density at radius 3 is 2.54 bits per heavy atom. The van der Waals surface area contributed by atoms with Crippen LogP contribution in [-0.2, 0) is 10.0 Å². The van der Waals surface area contributed by atoms with Gasteiger partial charge in [0.15, 0.2) is 0 Å². The average molecular weight is 362 g/mol. The Morgan fingerprint density at radius 2 is 1.83 bits per heavy atom. The first-order chi connectivity index (χ1) is 11.5. The molecule has 3 N–H and O–H groups in total. The van der Waals surface area contributed by atoms with Crippen LogP contribution < -0.4 is 10.0 Å². The monoisotopic (exact) mass is 362 g/mol. The number of hydrogen-bond donors (Lipinski definition) is 2. The van der Waals surface area contributed by atoms with Crippen molar-refractivity contribution in [1.29, 1.82) is 0 Å². The lowest BCUT2D eigenvalue weighted by Gasteiger charge is -2.23. The second-order valence-electron chi connectivity index (χ2n) is 5.32. The maximum absolute atomic E-state index is 13.1. The molecule has 3 rings (SSSR count). The van der Waals surface area contributed by atoms with E-state index in [2.05, 4.69) is 0 Å². The van der Waals surface area contributed by atoms with Crippen molar-refractivity contribution < 1.29 is 13.5 Å². The van der Waals surface area contributed by atoms with Crippen molar-refractivity contribution in [3.05, 3.63) is 59.5 Å². The van der Waals surface area contributed by atoms with E-state index >= 15 is 0 Å². The van der Waals surface area contributed by atoms with Gasteiger partial charge in [-0.25, -0.2) is 8.42 Å². The minimum Gasteiger partial charge on any atom is -0.399 e. The van der Waals surface area contributed by atoms with Crippen molar-refractivity contribution in [3.63, 3.8) is 0 Å². The van der Waals surface area contributed by atoms with Gasteiger partial charge in [-0.05, 0) is 41.3 Å². The molecule has 0 bridgehead atoms. The maximum Gasteiger partial charge on any atom is 0.264 e. The van der Waals surface area contributed by atoms with Gasteiger partial charge in [-0.3, -0.25) is 4.31 Å². The molecule has 0 saturated heterocycles. The van der Waals surface area contributed by atoms with Crippen LogP contribution in [0.15, 0.2) is 69.3 Å². The van der Waals surface area contributed by atoms with Crippen molar-refractivity contribution >= 4 is 33.2 Å². The van der Waals surface area contributed by atoms with E-state index < -0.39 is 10.0 Å². The van der Waals surface area contributed by atoms with Crippen molar-refractivity contribution in [2.24, 2.45) is 0 Å². The largest absolute Gasteiger partial charge is 0.399 e. The van der Waals surface area contributed by atoms with E-state index in [0.717, 1.165) is 9.80 Å². The Morgan fingerprint density at radius 1 is 1.12 bits per heavy atom. The molecule has 5 nitrogen and oxygen atoms in total. The number of para-hydroxylation sites is 1. The number of aliphatic hydroxyl groups excluding tert-OH is 1. The molecule has 2 aromatic carbocycles. The summed E-state index contributed by atoms with van der Waals surface area (Å²) in [5.41, 5.74) is 6.82. The third kappa shape index (κ3) is 3.28. The van der Waals surface area contributed by atoms with E-state index in [1.54, 1.807) is 18.2 Å². The fourth-order valence-corrected chi connectivity index (χ4v) is 5.02. The first kappa shape index (κ1) is 16.9. The number of hydrogen-bond acceptors (Lipinski definition) is 5. The molecule has 2 aromatic rings. The van der Waals surface area contributed by atoms with E-state index in [4.69, 9.17) is 5.73 Å². The minimum absolute atomic E-state index is 0.0334. The molecule has 126 valence electrons. The number of thioether (sulfide) groups is 1. The maximum atomic E-state index is 13.1. The Hall–Kier alpha value is -1.96. The molecule has 0 aromatic heterocycles. The summed E-state index contributed by atoms with van der Waals surface area (Å²) in [5.74, 6) is 0. The predicted molar refractivity (Wildman–Crippen MR) is 97.5 cm³/mol. The number of benzene rings is 2. The number of nitrogen functional groups attached to an aromatic ring is 1. The lowest BCUT2D eigenvalue weighted by Crippen LogP contribution is -2.31. The number of nitrogens with two attached hydrogens (primary N) is 1. The van der Waals surface area contributed by atoms with Crippen LogP contribution in [0, 0.1) is 0 Å². The molecule has 1 aliphatic rings. The van der Waals surface area contributed by atoms with Crippen molar-refractivity contribution in [1.82, 2.24) is 0 Å². The van der Waals surface area contributed by atoms with E-state index in [1.807, 2.05) is 24.3 Å². The van der Waals surface area contributed by atoms with Crippen LogP contribution in [0.3, 0.4) is 0 Å². The van der Waals surface area contributed by atoms with Gasteiger partial charge in [0.05, 0.1) is 17.1 Å². The summed E-state index contributed by atoms with van der Waals surface area (Å²) >= 11 is 1.49. The zero-order valence-electron chi connectivity index (χ0n) is 12.9. The van der Waals surface area contributed by atoms with E-state index in [9.17, 15) is 13.5 Å². The highest BCUT2D eigenvalue weighted by Gasteiger charge is 2.28. The molecule has 0 unspecified atom stereocenters. The highest BCUT2D eigenvalue weighted by atomic mass is 32.2. The van der Waals surface area contributed by atoms with Gasteiger partial charge in [0, 0.05) is 23.6 Å². The fourth-order valence-electron chi connectivity index (χ4n) is 2.47. The Labute approximate surface area is 145 Å². The van der Waals surface area contributed by atoms with Gasteiger partial charge in [-0.15, -0.1) is 0 Å². The number of nitrogens with zero attached hydrogens (tertiary/aromatic N) is 1. The van der Waals surface area contributed by atoms with Crippen molar-refractivity contribution in [2.45, 2.75) is 16.2 Å². The zero-order chi connectivity index (χ0) is 17.2. The van der Waals surface area contributed by atoms with E-state index in [-0.39, 0.29) is 18.0 Å². The van der Waals surface area contributed by atoms with Crippen LogP contribution in [0.2, 0.25) is 0 Å². The first-order valence-corrected chi connectivity index (χ1v) is 9.73. The Balaban J connectivity index is 2.07. The second-order valence-corrected chi connectivity index (χ2v) is 8.35. The highest BCUT2D eigenvalue weighted by Crippen LogP contribution is 2.40. The van der Waals surface area contributed by atoms with E-state index in [1.165, 1.54) is 28.2 Å². The van der Waals surface area contributed by atoms with Gasteiger partial charge in [-0.1, -0.05) is 30.0 Å². The second kappa shape index (κ2) is 6.88. The zero-order valence-corrected chi connectivity index (χ0v) is 14.6. The third-order valence-corrected chi connectivity index (χ3v) is 6.68. The minimum atomic E-state index is -3.70. The molecule has 7 heteroatoms. The Kier molecular flexibility index (Phi) is 4.84. The molecular weight excluding hydrogens is 344 g/mol. The lowest BCUT2D eigenvalue weighted by atomic mass is 10.3. The molecular formula is C17H18N2O3S2. The molecule has 1 aliphatic heterocycles. The van der Waals surface area contributed by atoms with Crippen LogP contribution >= 0.6 is 11.8 Å². The molecule has 0 atom stereocenters. The summed E-state index contributed by atoms with van der Waals surface area (Å²) in [4.78, 5) is 2.02. The number of rotatable bonds is 4. The van der Waals surface area contributed by atoms with Gasteiger partial charge in [-0.2, -0.15) is 0 Å². The third-order valence-electron chi connectivity index (χ3n) is 3.69. The summed E-state index contributed by atoms with van der Waals surface area (Å²) in [6.45, 7) is 0.262. The van der Waals surface area contributed by atoms with Crippen LogP contribution in [0.5, 0.6) is 0 Å². The number of aliphatic hydroxyl groups is 1. The van der Waals surface area contributed by atoms with Gasteiger partial charge in [0.1, 0.15) is 0 Å². The quantitative estimate of drug-likeness (QED) is 0.817. The fraction of sp³-hybridized carbons (Fsp3) is 0.176. The number of anilines is 2. The summed E-state index contributed by atoms with van der Waals surface area (Å²) in [6.07, 6.45) is 2.37. The average Bonchev–Trinajstić information content (AvgIpc) is 2.75. The summed E-state index contributed by atoms with van der Waals surface area (Å²) < 4.78 is 27.5. The van der Waals surface area contributed by atoms with Gasteiger partial charge < -0.3 is 10.8 Å². The van der Waals surface area contributed by atoms with Gasteiger partial charge >= 0.3 is 0 Å². The molecule has 0 radical (unpaired) electrons. The lowest BCUT2D eigenvalue weighted by molar-refractivity contribution is 0.301. The highest BCUT2D eigenvalue weighted by molar-refractivity contribution is 8.03. The van der Waals surface area contributed by atoms with Crippen LogP contribution in [0.25, 0.3) is 0 Å². The molecule has 24 heavy (non-hydrogen) atoms. The molecule has 0 aliphatic carbocycles. The SMILES string of the molecule is Nc1ccc(S(=O)(=O)N2CC=C(CCO)Sc3ccccc32)cc1. The van der Waals surface area contributed by atoms with Crippen LogP contribution in [0.1, 0.15) is 6.42 Å². The Bertz CT molecular complexity index is 862. The molecule has 0 saturated carbocycles. The normalized spacial score (nSPS) is 14.7. The molecule has 1 heterocycles. The van der Waals surface area contributed by atoms with Crippen LogP contribution in [0.4, 0.5) is 11.4 Å². The standard InChI is InChI=1S/C17H18N2O3S2/c18-13-5-7-15(8-6-13)24(21,22)19-11-9-14(10-12-20)23-17-4-2-1-3-16(17)19/h1-9,20H,10-12,18H2. The molecule has 0 fully saturated rings. The van der Waals surface area contributed by atoms with E-state index in [0.29, 0.717) is 17.8 Å². The van der Waals surface area contributed by atoms with Gasteiger partial charge in [0.25, 0.3) is 10.0 Å². The predicted octanol–water partition coefficient (Wildman–Crippen LogP) is 2.84. The smallest absolute Gasteiger partial charge is 0.264 e. The van der Waals surface area contributed by atoms with Gasteiger partial charge in [0.2, 0.25) is 0 Å².